The highest BCUT2D eigenvalue weighted by atomic mass is 16.6. The van der Waals surface area contributed by atoms with E-state index in [0.717, 1.165) is 17.7 Å². The quantitative estimate of drug-likeness (QED) is 0.740. The molecule has 30 heavy (non-hydrogen) atoms. The molecule has 6 rings (SSSR count). The molecule has 4 aliphatic rings. The van der Waals surface area contributed by atoms with Crippen molar-refractivity contribution in [1.82, 2.24) is 0 Å². The standard InChI is InChI=1S/C24H22N2O4/c1-12-3-5-13(6-4-12)21-20-16-11-17(22(20)30-25-21)19-18(16)23(27)26(24(19)28)14-7-9-15(29-2)10-8-14/h3-10,16-20,22H,11H2,1-2H3/t16-,17-,18+,19-,20-,22-/m1/s1. The Labute approximate surface area is 174 Å². The zero-order valence-electron chi connectivity index (χ0n) is 16.8. The number of benzene rings is 2. The Balaban J connectivity index is 1.33. The van der Waals surface area contributed by atoms with Gasteiger partial charge in [-0.25, -0.2) is 0 Å². The van der Waals surface area contributed by atoms with Crippen LogP contribution in [0.4, 0.5) is 5.69 Å². The normalized spacial score (nSPS) is 33.4. The van der Waals surface area contributed by atoms with E-state index >= 15 is 0 Å². The van der Waals surface area contributed by atoms with Crippen LogP contribution in [0.2, 0.25) is 0 Å². The van der Waals surface area contributed by atoms with E-state index in [9.17, 15) is 9.59 Å². The van der Waals surface area contributed by atoms with Crippen LogP contribution >= 0.6 is 0 Å². The lowest BCUT2D eigenvalue weighted by Gasteiger charge is -2.29. The summed E-state index contributed by atoms with van der Waals surface area (Å²) in [6.07, 6.45) is 0.740. The van der Waals surface area contributed by atoms with Crippen molar-refractivity contribution >= 4 is 23.2 Å². The third-order valence-corrected chi connectivity index (χ3v) is 7.37. The number of ether oxygens (including phenoxy) is 1. The minimum atomic E-state index is -0.307. The lowest BCUT2D eigenvalue weighted by Crippen LogP contribution is -2.41. The summed E-state index contributed by atoms with van der Waals surface area (Å²) in [6, 6.07) is 15.4. The summed E-state index contributed by atoms with van der Waals surface area (Å²) in [4.78, 5) is 33.9. The van der Waals surface area contributed by atoms with E-state index in [1.54, 1.807) is 31.4 Å². The van der Waals surface area contributed by atoms with Gasteiger partial charge in [0.15, 0.2) is 0 Å². The van der Waals surface area contributed by atoms with Gasteiger partial charge in [0.25, 0.3) is 0 Å². The average molecular weight is 402 g/mol. The van der Waals surface area contributed by atoms with Gasteiger partial charge in [0.2, 0.25) is 11.8 Å². The molecule has 2 aromatic carbocycles. The summed E-state index contributed by atoms with van der Waals surface area (Å²) in [5.74, 6) is 0.113. The summed E-state index contributed by atoms with van der Waals surface area (Å²) in [5, 5.41) is 4.40. The van der Waals surface area contributed by atoms with Gasteiger partial charge in [0.05, 0.1) is 30.3 Å². The average Bonchev–Trinajstić information content (AvgIpc) is 3.49. The Bertz CT molecular complexity index is 1080. The molecule has 2 aliphatic carbocycles. The fourth-order valence-corrected chi connectivity index (χ4v) is 6.07. The van der Waals surface area contributed by atoms with Crippen LogP contribution in [-0.2, 0) is 14.4 Å². The smallest absolute Gasteiger partial charge is 0.238 e. The maximum atomic E-state index is 13.4. The summed E-state index contributed by atoms with van der Waals surface area (Å²) < 4.78 is 5.20. The van der Waals surface area contributed by atoms with Gasteiger partial charge >= 0.3 is 0 Å². The van der Waals surface area contributed by atoms with Crippen molar-refractivity contribution < 1.29 is 19.2 Å². The number of hydrogen-bond donors (Lipinski definition) is 0. The van der Waals surface area contributed by atoms with Gasteiger partial charge < -0.3 is 9.57 Å². The van der Waals surface area contributed by atoms with E-state index in [4.69, 9.17) is 9.57 Å². The van der Waals surface area contributed by atoms with E-state index in [2.05, 4.69) is 36.3 Å². The maximum absolute atomic E-state index is 13.4. The predicted molar refractivity (Wildman–Crippen MR) is 110 cm³/mol. The van der Waals surface area contributed by atoms with E-state index in [-0.39, 0.29) is 47.5 Å². The molecule has 0 spiro atoms. The SMILES string of the molecule is COc1ccc(N2C(=O)[C@@H]3[C@H]4C[C@@H]([C@@H]5C(c6ccc(C)cc6)=NO[C@H]45)[C@@H]3C2=O)cc1. The molecule has 6 atom stereocenters. The number of aryl methyl sites for hydroxylation is 1. The van der Waals surface area contributed by atoms with Gasteiger partial charge in [-0.15, -0.1) is 0 Å². The fraction of sp³-hybridized carbons (Fsp3) is 0.375. The lowest BCUT2D eigenvalue weighted by atomic mass is 9.71. The van der Waals surface area contributed by atoms with Gasteiger partial charge in [-0.2, -0.15) is 0 Å². The van der Waals surface area contributed by atoms with Crippen LogP contribution in [0, 0.1) is 36.5 Å². The highest BCUT2D eigenvalue weighted by Crippen LogP contribution is 2.62. The number of nitrogens with zero attached hydrogens (tertiary/aromatic N) is 2. The number of imide groups is 1. The molecular formula is C24H22N2O4. The molecule has 2 aliphatic heterocycles. The molecule has 6 heteroatoms. The highest BCUT2D eigenvalue weighted by Gasteiger charge is 2.70. The first-order chi connectivity index (χ1) is 14.6. The molecule has 1 saturated heterocycles. The minimum absolute atomic E-state index is 0.0383. The molecule has 0 N–H and O–H groups in total. The van der Waals surface area contributed by atoms with Gasteiger partial charge in [-0.05, 0) is 49.1 Å². The number of methoxy groups -OCH3 is 1. The summed E-state index contributed by atoms with van der Waals surface area (Å²) in [5.41, 5.74) is 3.77. The van der Waals surface area contributed by atoms with E-state index in [0.29, 0.717) is 11.4 Å². The van der Waals surface area contributed by atoms with Crippen LogP contribution in [0.5, 0.6) is 5.75 Å². The first kappa shape index (κ1) is 17.7. The third-order valence-electron chi connectivity index (χ3n) is 7.37. The number of hydrogen-bond acceptors (Lipinski definition) is 5. The number of rotatable bonds is 3. The molecule has 0 aromatic heterocycles. The molecular weight excluding hydrogens is 380 g/mol. The third kappa shape index (κ3) is 2.22. The lowest BCUT2D eigenvalue weighted by molar-refractivity contribution is -0.125. The van der Waals surface area contributed by atoms with Crippen molar-refractivity contribution in [2.45, 2.75) is 19.4 Å². The zero-order valence-corrected chi connectivity index (χ0v) is 16.8. The second-order valence-electron chi connectivity index (χ2n) is 8.76. The zero-order chi connectivity index (χ0) is 20.6. The second-order valence-corrected chi connectivity index (χ2v) is 8.76. The molecule has 2 aromatic rings. The van der Waals surface area contributed by atoms with Gasteiger partial charge in [-0.3, -0.25) is 14.5 Å². The number of carbonyl (C=O) groups is 2. The van der Waals surface area contributed by atoms with Crippen LogP contribution < -0.4 is 9.64 Å². The van der Waals surface area contributed by atoms with E-state index < -0.39 is 0 Å². The monoisotopic (exact) mass is 402 g/mol. The van der Waals surface area contributed by atoms with Gasteiger partial charge in [0, 0.05) is 11.8 Å². The maximum Gasteiger partial charge on any atom is 0.238 e. The summed E-state index contributed by atoms with van der Waals surface area (Å²) >= 11 is 0. The van der Waals surface area contributed by atoms with Crippen LogP contribution in [0.25, 0.3) is 0 Å². The van der Waals surface area contributed by atoms with Crippen molar-refractivity contribution in [2.24, 2.45) is 34.7 Å². The van der Waals surface area contributed by atoms with Gasteiger partial charge in [0.1, 0.15) is 11.9 Å². The van der Waals surface area contributed by atoms with Crippen LogP contribution in [0.1, 0.15) is 17.5 Å². The van der Waals surface area contributed by atoms with Gasteiger partial charge in [-0.1, -0.05) is 35.0 Å². The largest absolute Gasteiger partial charge is 0.497 e. The van der Waals surface area contributed by atoms with Crippen molar-refractivity contribution in [3.05, 3.63) is 59.7 Å². The molecule has 2 saturated carbocycles. The number of anilines is 1. The van der Waals surface area contributed by atoms with Crippen molar-refractivity contribution in [1.29, 1.82) is 0 Å². The molecule has 3 fully saturated rings. The molecule has 0 unspecified atom stereocenters. The number of amides is 2. The van der Waals surface area contributed by atoms with E-state index in [1.807, 2.05) is 0 Å². The summed E-state index contributed by atoms with van der Waals surface area (Å²) in [7, 11) is 1.59. The minimum Gasteiger partial charge on any atom is -0.497 e. The predicted octanol–water partition coefficient (Wildman–Crippen LogP) is 3.18. The molecule has 6 nitrogen and oxygen atoms in total. The van der Waals surface area contributed by atoms with Crippen molar-refractivity contribution in [3.63, 3.8) is 0 Å². The van der Waals surface area contributed by atoms with E-state index in [1.165, 1.54) is 10.5 Å². The van der Waals surface area contributed by atoms with Crippen LogP contribution in [-0.4, -0.2) is 30.7 Å². The first-order valence-corrected chi connectivity index (χ1v) is 10.4. The molecule has 2 heterocycles. The first-order valence-electron chi connectivity index (χ1n) is 10.4. The molecule has 2 bridgehead atoms. The Morgan fingerprint density at radius 3 is 2.27 bits per heavy atom. The second kappa shape index (κ2) is 6.17. The highest BCUT2D eigenvalue weighted by molar-refractivity contribution is 6.23. The Kier molecular flexibility index (Phi) is 3.64. The topological polar surface area (TPSA) is 68.2 Å². The van der Waals surface area contributed by atoms with Crippen LogP contribution in [0.15, 0.2) is 53.7 Å². The Morgan fingerprint density at radius 1 is 0.933 bits per heavy atom. The number of fused-ring (bicyclic) bond motifs is 8. The molecule has 0 radical (unpaired) electrons. The van der Waals surface area contributed by atoms with Crippen LogP contribution in [0.3, 0.4) is 0 Å². The number of carbonyl (C=O) groups excluding carboxylic acids is 2. The summed E-state index contributed by atoms with van der Waals surface area (Å²) in [6.45, 7) is 2.05. The Hall–Kier alpha value is -3.15. The van der Waals surface area contributed by atoms with Crippen molar-refractivity contribution in [2.75, 3.05) is 12.0 Å². The Morgan fingerprint density at radius 2 is 1.60 bits per heavy atom. The molecule has 2 amide bonds. The number of oxime groups is 1. The van der Waals surface area contributed by atoms with Crippen molar-refractivity contribution in [3.8, 4) is 5.75 Å². The molecule has 152 valence electrons. The fourth-order valence-electron chi connectivity index (χ4n) is 6.07.